The standard InChI is InChI=1S/C15H18O3/c1-4-17-14(16)9-13-12-8-6-5-7-11(12)10-15(2,3)18-13/h5-9H,4,10H2,1-3H3/b13-9-. The van der Waals surface area contributed by atoms with Crippen molar-refractivity contribution in [3.8, 4) is 0 Å². The van der Waals surface area contributed by atoms with Crippen LogP contribution in [0.15, 0.2) is 30.3 Å². The molecular formula is C15H18O3. The molecule has 96 valence electrons. The summed E-state index contributed by atoms with van der Waals surface area (Å²) in [5.41, 5.74) is 1.88. The number of hydrogen-bond donors (Lipinski definition) is 0. The van der Waals surface area contributed by atoms with E-state index in [0.29, 0.717) is 12.4 Å². The van der Waals surface area contributed by atoms with Crippen LogP contribution >= 0.6 is 0 Å². The summed E-state index contributed by atoms with van der Waals surface area (Å²) in [5.74, 6) is 0.236. The molecule has 0 saturated heterocycles. The van der Waals surface area contributed by atoms with Crippen LogP contribution in [0, 0.1) is 0 Å². The molecule has 0 spiro atoms. The Labute approximate surface area is 107 Å². The molecule has 0 radical (unpaired) electrons. The Hall–Kier alpha value is -1.77. The van der Waals surface area contributed by atoms with Crippen LogP contribution in [0.25, 0.3) is 5.76 Å². The molecule has 0 aliphatic carbocycles. The van der Waals surface area contributed by atoms with Gasteiger partial charge >= 0.3 is 5.97 Å². The van der Waals surface area contributed by atoms with Gasteiger partial charge in [0.25, 0.3) is 0 Å². The Morgan fingerprint density at radius 1 is 1.44 bits per heavy atom. The minimum atomic E-state index is -0.361. The maximum atomic E-state index is 11.6. The smallest absolute Gasteiger partial charge is 0.334 e. The van der Waals surface area contributed by atoms with E-state index in [9.17, 15) is 4.79 Å². The monoisotopic (exact) mass is 246 g/mol. The van der Waals surface area contributed by atoms with Gasteiger partial charge in [-0.2, -0.15) is 0 Å². The van der Waals surface area contributed by atoms with Gasteiger partial charge < -0.3 is 9.47 Å². The molecule has 0 saturated carbocycles. The van der Waals surface area contributed by atoms with Gasteiger partial charge in [-0.15, -0.1) is 0 Å². The molecule has 1 aromatic carbocycles. The summed E-state index contributed by atoms with van der Waals surface area (Å²) in [6.45, 7) is 6.19. The zero-order valence-corrected chi connectivity index (χ0v) is 11.0. The summed E-state index contributed by atoms with van der Waals surface area (Å²) in [5, 5.41) is 0. The van der Waals surface area contributed by atoms with Gasteiger partial charge in [0.2, 0.25) is 0 Å². The molecule has 0 N–H and O–H groups in total. The highest BCUT2D eigenvalue weighted by atomic mass is 16.5. The molecule has 1 aliphatic rings. The molecule has 2 rings (SSSR count). The number of ether oxygens (including phenoxy) is 2. The average Bonchev–Trinajstić information content (AvgIpc) is 2.27. The van der Waals surface area contributed by atoms with E-state index < -0.39 is 0 Å². The van der Waals surface area contributed by atoms with E-state index in [0.717, 1.165) is 12.0 Å². The molecule has 0 bridgehead atoms. The Kier molecular flexibility index (Phi) is 3.41. The van der Waals surface area contributed by atoms with E-state index in [1.165, 1.54) is 11.6 Å². The zero-order valence-electron chi connectivity index (χ0n) is 11.0. The van der Waals surface area contributed by atoms with E-state index in [2.05, 4.69) is 6.07 Å². The van der Waals surface area contributed by atoms with Crippen LogP contribution in [0.5, 0.6) is 0 Å². The highest BCUT2D eigenvalue weighted by molar-refractivity contribution is 5.90. The maximum Gasteiger partial charge on any atom is 0.334 e. The number of rotatable bonds is 2. The molecule has 0 amide bonds. The molecule has 1 aromatic rings. The molecule has 0 aromatic heterocycles. The second kappa shape index (κ2) is 4.84. The SMILES string of the molecule is CCOC(=O)/C=C1\OC(C)(C)Cc2ccccc21. The highest BCUT2D eigenvalue weighted by Crippen LogP contribution is 2.34. The van der Waals surface area contributed by atoms with Crippen molar-refractivity contribution in [3.05, 3.63) is 41.5 Å². The quantitative estimate of drug-likeness (QED) is 0.594. The third-order valence-corrected chi connectivity index (χ3v) is 2.82. The van der Waals surface area contributed by atoms with Crippen LogP contribution in [-0.2, 0) is 20.7 Å². The lowest BCUT2D eigenvalue weighted by atomic mass is 9.90. The zero-order chi connectivity index (χ0) is 13.2. The first-order valence-electron chi connectivity index (χ1n) is 6.17. The van der Waals surface area contributed by atoms with Crippen molar-refractivity contribution in [3.63, 3.8) is 0 Å². The average molecular weight is 246 g/mol. The van der Waals surface area contributed by atoms with Crippen LogP contribution in [0.2, 0.25) is 0 Å². The molecule has 0 atom stereocenters. The number of hydrogen-bond acceptors (Lipinski definition) is 3. The van der Waals surface area contributed by atoms with Crippen LogP contribution in [0.3, 0.4) is 0 Å². The van der Waals surface area contributed by atoms with Gasteiger partial charge in [-0.05, 0) is 26.3 Å². The van der Waals surface area contributed by atoms with Crippen molar-refractivity contribution in [2.45, 2.75) is 32.8 Å². The Bertz CT molecular complexity index is 486. The van der Waals surface area contributed by atoms with Crippen molar-refractivity contribution in [1.29, 1.82) is 0 Å². The van der Waals surface area contributed by atoms with Crippen molar-refractivity contribution in [1.82, 2.24) is 0 Å². The maximum absolute atomic E-state index is 11.6. The highest BCUT2D eigenvalue weighted by Gasteiger charge is 2.30. The summed E-state index contributed by atoms with van der Waals surface area (Å²) in [6.07, 6.45) is 2.27. The van der Waals surface area contributed by atoms with Crippen molar-refractivity contribution in [2.24, 2.45) is 0 Å². The summed E-state index contributed by atoms with van der Waals surface area (Å²) < 4.78 is 10.8. The fraction of sp³-hybridized carbons (Fsp3) is 0.400. The summed E-state index contributed by atoms with van der Waals surface area (Å²) in [7, 11) is 0. The third kappa shape index (κ3) is 2.73. The predicted molar refractivity (Wildman–Crippen MR) is 69.9 cm³/mol. The lowest BCUT2D eigenvalue weighted by Crippen LogP contribution is -2.31. The molecule has 0 unspecified atom stereocenters. The van der Waals surface area contributed by atoms with E-state index in [1.807, 2.05) is 32.0 Å². The van der Waals surface area contributed by atoms with Crippen LogP contribution < -0.4 is 0 Å². The molecule has 1 heterocycles. The van der Waals surface area contributed by atoms with Gasteiger partial charge in [0.05, 0.1) is 12.7 Å². The van der Waals surface area contributed by atoms with Crippen LogP contribution in [0.4, 0.5) is 0 Å². The predicted octanol–water partition coefficient (Wildman–Crippen LogP) is 2.94. The summed E-state index contributed by atoms with van der Waals surface area (Å²) >= 11 is 0. The molecule has 0 fully saturated rings. The summed E-state index contributed by atoms with van der Waals surface area (Å²) in [4.78, 5) is 11.6. The summed E-state index contributed by atoms with van der Waals surface area (Å²) in [6, 6.07) is 7.98. The van der Waals surface area contributed by atoms with Crippen LogP contribution in [-0.4, -0.2) is 18.2 Å². The fourth-order valence-corrected chi connectivity index (χ4v) is 2.16. The van der Waals surface area contributed by atoms with Gasteiger partial charge in [-0.1, -0.05) is 24.3 Å². The van der Waals surface area contributed by atoms with Crippen LogP contribution in [0.1, 0.15) is 31.9 Å². The first-order valence-corrected chi connectivity index (χ1v) is 6.17. The number of benzene rings is 1. The van der Waals surface area contributed by atoms with E-state index in [-0.39, 0.29) is 11.6 Å². The first-order chi connectivity index (χ1) is 8.52. The van der Waals surface area contributed by atoms with Gasteiger partial charge in [0.15, 0.2) is 0 Å². The molecule has 3 heteroatoms. The topological polar surface area (TPSA) is 35.5 Å². The molecule has 1 aliphatic heterocycles. The third-order valence-electron chi connectivity index (χ3n) is 2.82. The normalized spacial score (nSPS) is 18.9. The minimum absolute atomic E-state index is 0.299. The number of carbonyl (C=O) groups is 1. The van der Waals surface area contributed by atoms with E-state index in [1.54, 1.807) is 6.92 Å². The molecular weight excluding hydrogens is 228 g/mol. The number of fused-ring (bicyclic) bond motifs is 1. The second-order valence-corrected chi connectivity index (χ2v) is 4.96. The van der Waals surface area contributed by atoms with E-state index in [4.69, 9.17) is 9.47 Å². The minimum Gasteiger partial charge on any atom is -0.487 e. The fourth-order valence-electron chi connectivity index (χ4n) is 2.16. The lowest BCUT2D eigenvalue weighted by molar-refractivity contribution is -0.137. The number of esters is 1. The Morgan fingerprint density at radius 3 is 2.89 bits per heavy atom. The largest absolute Gasteiger partial charge is 0.487 e. The van der Waals surface area contributed by atoms with Gasteiger partial charge in [-0.3, -0.25) is 0 Å². The Morgan fingerprint density at radius 2 is 2.17 bits per heavy atom. The molecule has 3 nitrogen and oxygen atoms in total. The van der Waals surface area contributed by atoms with Crippen molar-refractivity contribution in [2.75, 3.05) is 6.61 Å². The van der Waals surface area contributed by atoms with E-state index >= 15 is 0 Å². The molecule has 18 heavy (non-hydrogen) atoms. The van der Waals surface area contributed by atoms with Crippen molar-refractivity contribution < 1.29 is 14.3 Å². The number of carbonyl (C=O) groups excluding carboxylic acids is 1. The Balaban J connectivity index is 2.38. The van der Waals surface area contributed by atoms with Gasteiger partial charge in [-0.25, -0.2) is 4.79 Å². The van der Waals surface area contributed by atoms with Gasteiger partial charge in [0, 0.05) is 12.0 Å². The second-order valence-electron chi connectivity index (χ2n) is 4.96. The van der Waals surface area contributed by atoms with Gasteiger partial charge in [0.1, 0.15) is 11.4 Å². The first kappa shape index (κ1) is 12.7. The van der Waals surface area contributed by atoms with Crippen molar-refractivity contribution >= 4 is 11.7 Å². The lowest BCUT2D eigenvalue weighted by Gasteiger charge is -2.34.